The lowest BCUT2D eigenvalue weighted by molar-refractivity contribution is 0.273. The van der Waals surface area contributed by atoms with Crippen molar-refractivity contribution in [3.05, 3.63) is 54.4 Å². The molecule has 0 atom stereocenters. The number of rotatable bonds is 3. The summed E-state index contributed by atoms with van der Waals surface area (Å²) in [5.74, 6) is 0. The maximum Gasteiger partial charge on any atom is 0.137 e. The maximum atomic E-state index is 6.00. The van der Waals surface area contributed by atoms with Crippen molar-refractivity contribution < 1.29 is 0 Å². The second kappa shape index (κ2) is 6.65. The van der Waals surface area contributed by atoms with Crippen molar-refractivity contribution in [2.24, 2.45) is 0 Å². The van der Waals surface area contributed by atoms with Gasteiger partial charge in [0.1, 0.15) is 5.65 Å². The van der Waals surface area contributed by atoms with Crippen LogP contribution >= 0.6 is 0 Å². The highest BCUT2D eigenvalue weighted by Crippen LogP contribution is 2.27. The Kier molecular flexibility index (Phi) is 4.22. The SMILES string of the molecule is Nc1cccc(-c2nc3ccccn3c2CN2CCCCCC2)c1. The molecule has 3 aromatic rings. The first-order valence-corrected chi connectivity index (χ1v) is 8.85. The predicted octanol–water partition coefficient (Wildman–Crippen LogP) is 3.96. The molecule has 124 valence electrons. The Hall–Kier alpha value is -2.33. The van der Waals surface area contributed by atoms with Gasteiger partial charge in [-0.05, 0) is 50.2 Å². The van der Waals surface area contributed by atoms with E-state index >= 15 is 0 Å². The number of nitrogens with zero attached hydrogens (tertiary/aromatic N) is 3. The molecule has 2 aromatic heterocycles. The third-order valence-electron chi connectivity index (χ3n) is 4.86. The van der Waals surface area contributed by atoms with Gasteiger partial charge in [0.25, 0.3) is 0 Å². The molecule has 0 radical (unpaired) electrons. The number of hydrogen-bond acceptors (Lipinski definition) is 3. The molecule has 4 heteroatoms. The highest BCUT2D eigenvalue weighted by atomic mass is 15.1. The van der Waals surface area contributed by atoms with Gasteiger partial charge in [0, 0.05) is 24.0 Å². The summed E-state index contributed by atoms with van der Waals surface area (Å²) in [6, 6.07) is 14.2. The van der Waals surface area contributed by atoms with Crippen molar-refractivity contribution in [1.82, 2.24) is 14.3 Å². The van der Waals surface area contributed by atoms with Crippen LogP contribution in [0.1, 0.15) is 31.4 Å². The summed E-state index contributed by atoms with van der Waals surface area (Å²) in [5, 5.41) is 0. The summed E-state index contributed by atoms with van der Waals surface area (Å²) >= 11 is 0. The summed E-state index contributed by atoms with van der Waals surface area (Å²) in [4.78, 5) is 7.46. The van der Waals surface area contributed by atoms with E-state index in [0.717, 1.165) is 29.1 Å². The average molecular weight is 320 g/mol. The lowest BCUT2D eigenvalue weighted by Gasteiger charge is -2.20. The van der Waals surface area contributed by atoms with Crippen LogP contribution in [-0.4, -0.2) is 27.4 Å². The van der Waals surface area contributed by atoms with Gasteiger partial charge < -0.3 is 10.1 Å². The highest BCUT2D eigenvalue weighted by Gasteiger charge is 2.18. The first-order chi connectivity index (χ1) is 11.8. The van der Waals surface area contributed by atoms with E-state index in [9.17, 15) is 0 Å². The van der Waals surface area contributed by atoms with Crippen LogP contribution in [-0.2, 0) is 6.54 Å². The van der Waals surface area contributed by atoms with Gasteiger partial charge in [-0.15, -0.1) is 0 Å². The molecule has 0 bridgehead atoms. The largest absolute Gasteiger partial charge is 0.399 e. The topological polar surface area (TPSA) is 46.6 Å². The zero-order chi connectivity index (χ0) is 16.4. The molecule has 2 N–H and O–H groups in total. The quantitative estimate of drug-likeness (QED) is 0.743. The van der Waals surface area contributed by atoms with Gasteiger partial charge >= 0.3 is 0 Å². The Labute approximate surface area is 142 Å². The summed E-state index contributed by atoms with van der Waals surface area (Å²) in [7, 11) is 0. The van der Waals surface area contributed by atoms with Gasteiger partial charge in [-0.1, -0.05) is 31.0 Å². The number of pyridine rings is 1. The number of anilines is 1. The van der Waals surface area contributed by atoms with E-state index < -0.39 is 0 Å². The number of nitrogens with two attached hydrogens (primary N) is 1. The van der Waals surface area contributed by atoms with E-state index in [4.69, 9.17) is 10.7 Å². The molecule has 1 aliphatic rings. The molecule has 1 saturated heterocycles. The van der Waals surface area contributed by atoms with E-state index in [1.807, 2.05) is 24.3 Å². The van der Waals surface area contributed by atoms with Crippen LogP contribution in [0.25, 0.3) is 16.9 Å². The zero-order valence-corrected chi connectivity index (χ0v) is 14.0. The number of fused-ring (bicyclic) bond motifs is 1. The molecule has 1 fully saturated rings. The fraction of sp³-hybridized carbons (Fsp3) is 0.350. The number of hydrogen-bond donors (Lipinski definition) is 1. The number of likely N-dealkylation sites (tertiary alicyclic amines) is 1. The van der Waals surface area contributed by atoms with Gasteiger partial charge in [-0.2, -0.15) is 0 Å². The molecule has 0 unspecified atom stereocenters. The van der Waals surface area contributed by atoms with Crippen LogP contribution in [0.5, 0.6) is 0 Å². The van der Waals surface area contributed by atoms with Crippen LogP contribution in [0.2, 0.25) is 0 Å². The minimum absolute atomic E-state index is 0.783. The Morgan fingerprint density at radius 1 is 0.958 bits per heavy atom. The third kappa shape index (κ3) is 3.02. The second-order valence-electron chi connectivity index (χ2n) is 6.65. The minimum atomic E-state index is 0.783. The van der Waals surface area contributed by atoms with Gasteiger partial charge in [-0.25, -0.2) is 4.98 Å². The first-order valence-electron chi connectivity index (χ1n) is 8.85. The number of benzene rings is 1. The molecule has 24 heavy (non-hydrogen) atoms. The molecule has 0 saturated carbocycles. The van der Waals surface area contributed by atoms with Crippen LogP contribution in [0.15, 0.2) is 48.7 Å². The number of nitrogen functional groups attached to an aromatic ring is 1. The molecule has 1 aliphatic heterocycles. The van der Waals surface area contributed by atoms with Crippen molar-refractivity contribution in [2.75, 3.05) is 18.8 Å². The van der Waals surface area contributed by atoms with E-state index in [1.165, 1.54) is 44.5 Å². The first kappa shape index (κ1) is 15.2. The summed E-state index contributed by atoms with van der Waals surface area (Å²) in [6.07, 6.45) is 7.41. The highest BCUT2D eigenvalue weighted by molar-refractivity contribution is 5.69. The Morgan fingerprint density at radius 2 is 1.79 bits per heavy atom. The minimum Gasteiger partial charge on any atom is -0.399 e. The molecular formula is C20H24N4. The molecule has 0 aliphatic carbocycles. The molecular weight excluding hydrogens is 296 g/mol. The number of aromatic nitrogens is 2. The van der Waals surface area contributed by atoms with E-state index in [1.54, 1.807) is 0 Å². The lowest BCUT2D eigenvalue weighted by Crippen LogP contribution is -2.25. The van der Waals surface area contributed by atoms with Crippen molar-refractivity contribution in [3.8, 4) is 11.3 Å². The van der Waals surface area contributed by atoms with Crippen LogP contribution < -0.4 is 5.73 Å². The van der Waals surface area contributed by atoms with E-state index in [2.05, 4.69) is 33.7 Å². The lowest BCUT2D eigenvalue weighted by atomic mass is 10.1. The summed E-state index contributed by atoms with van der Waals surface area (Å²) in [5.41, 5.74) is 11.2. The molecule has 0 amide bonds. The second-order valence-corrected chi connectivity index (χ2v) is 6.65. The molecule has 1 aromatic carbocycles. The van der Waals surface area contributed by atoms with Crippen molar-refractivity contribution in [1.29, 1.82) is 0 Å². The van der Waals surface area contributed by atoms with Crippen LogP contribution in [0.3, 0.4) is 0 Å². The molecule has 4 rings (SSSR count). The Bertz CT molecular complexity index is 829. The molecule has 4 nitrogen and oxygen atoms in total. The smallest absolute Gasteiger partial charge is 0.137 e. The van der Waals surface area contributed by atoms with Gasteiger partial charge in [0.2, 0.25) is 0 Å². The van der Waals surface area contributed by atoms with Gasteiger partial charge in [0.05, 0.1) is 11.4 Å². The van der Waals surface area contributed by atoms with Gasteiger partial charge in [0.15, 0.2) is 0 Å². The fourth-order valence-electron chi connectivity index (χ4n) is 3.62. The van der Waals surface area contributed by atoms with Crippen LogP contribution in [0, 0.1) is 0 Å². The summed E-state index contributed by atoms with van der Waals surface area (Å²) < 4.78 is 2.23. The predicted molar refractivity (Wildman–Crippen MR) is 98.8 cm³/mol. The molecule has 3 heterocycles. The Morgan fingerprint density at radius 3 is 2.58 bits per heavy atom. The monoisotopic (exact) mass is 320 g/mol. The normalized spacial score (nSPS) is 16.3. The average Bonchev–Trinajstić information content (AvgIpc) is 2.77. The molecule has 0 spiro atoms. The Balaban J connectivity index is 1.78. The van der Waals surface area contributed by atoms with Crippen molar-refractivity contribution >= 4 is 11.3 Å². The van der Waals surface area contributed by atoms with E-state index in [-0.39, 0.29) is 0 Å². The van der Waals surface area contributed by atoms with E-state index in [0.29, 0.717) is 0 Å². The van der Waals surface area contributed by atoms with Crippen molar-refractivity contribution in [3.63, 3.8) is 0 Å². The standard InChI is InChI=1S/C20H24N4/c21-17-9-7-8-16(14-17)20-18(15-23-11-4-1-2-5-12-23)24-13-6-3-10-19(24)22-20/h3,6-10,13-14H,1-2,4-5,11-12,15,21H2. The third-order valence-corrected chi connectivity index (χ3v) is 4.86. The fourth-order valence-corrected chi connectivity index (χ4v) is 3.62. The summed E-state index contributed by atoms with van der Waals surface area (Å²) in [6.45, 7) is 3.29. The maximum absolute atomic E-state index is 6.00. The zero-order valence-electron chi connectivity index (χ0n) is 14.0. The van der Waals surface area contributed by atoms with Crippen LogP contribution in [0.4, 0.5) is 5.69 Å². The number of imidazole rings is 1. The van der Waals surface area contributed by atoms with Crippen molar-refractivity contribution in [2.45, 2.75) is 32.2 Å². The van der Waals surface area contributed by atoms with Gasteiger partial charge in [-0.3, -0.25) is 4.90 Å².